The lowest BCUT2D eigenvalue weighted by atomic mass is 9.73. The summed E-state index contributed by atoms with van der Waals surface area (Å²) in [5.41, 5.74) is -1.45. The zero-order chi connectivity index (χ0) is 16.2. The lowest BCUT2D eigenvalue weighted by molar-refractivity contribution is -0.138. The molecule has 1 aliphatic rings. The van der Waals surface area contributed by atoms with Gasteiger partial charge in [0.25, 0.3) is 0 Å². The van der Waals surface area contributed by atoms with Gasteiger partial charge in [0, 0.05) is 13.2 Å². The van der Waals surface area contributed by atoms with E-state index < -0.39 is 17.2 Å². The van der Waals surface area contributed by atoms with E-state index in [0.717, 1.165) is 12.1 Å². The van der Waals surface area contributed by atoms with Gasteiger partial charge in [-0.3, -0.25) is 4.79 Å². The Morgan fingerprint density at radius 3 is 2.64 bits per heavy atom. The van der Waals surface area contributed by atoms with Crippen LogP contribution in [0, 0.1) is 12.3 Å². The summed E-state index contributed by atoms with van der Waals surface area (Å²) in [5, 5.41) is 2.59. The summed E-state index contributed by atoms with van der Waals surface area (Å²) in [7, 11) is 0. The lowest BCUT2D eigenvalue weighted by Crippen LogP contribution is -2.48. The summed E-state index contributed by atoms with van der Waals surface area (Å²) in [6, 6.07) is 4.91. The Kier molecular flexibility index (Phi) is 4.77. The number of nitrogens with one attached hydrogen (secondary N) is 1. The third-order valence-corrected chi connectivity index (χ3v) is 3.87. The summed E-state index contributed by atoms with van der Waals surface area (Å²) in [6.45, 7) is 0.680. The van der Waals surface area contributed by atoms with Crippen molar-refractivity contribution < 1.29 is 22.7 Å². The van der Waals surface area contributed by atoms with Gasteiger partial charge < -0.3 is 10.1 Å². The fourth-order valence-corrected chi connectivity index (χ4v) is 2.66. The minimum absolute atomic E-state index is 0.0421. The minimum atomic E-state index is -4.45. The van der Waals surface area contributed by atoms with E-state index in [1.807, 2.05) is 0 Å². The summed E-state index contributed by atoms with van der Waals surface area (Å²) in [4.78, 5) is 12.5. The summed E-state index contributed by atoms with van der Waals surface area (Å²) in [5.74, 6) is 1.95. The van der Waals surface area contributed by atoms with Gasteiger partial charge in [0.2, 0.25) is 5.91 Å². The van der Waals surface area contributed by atoms with Crippen molar-refractivity contribution in [2.24, 2.45) is 0 Å². The van der Waals surface area contributed by atoms with Gasteiger partial charge in [0.05, 0.1) is 17.5 Å². The van der Waals surface area contributed by atoms with Crippen LogP contribution in [0.4, 0.5) is 13.2 Å². The monoisotopic (exact) mass is 311 g/mol. The number of carbonyl (C=O) groups is 1. The molecule has 1 saturated heterocycles. The highest BCUT2D eigenvalue weighted by molar-refractivity contribution is 5.88. The zero-order valence-corrected chi connectivity index (χ0v) is 11.9. The highest BCUT2D eigenvalue weighted by Gasteiger charge is 2.42. The van der Waals surface area contributed by atoms with Crippen LogP contribution in [0.25, 0.3) is 0 Å². The van der Waals surface area contributed by atoms with Gasteiger partial charge in [-0.1, -0.05) is 24.1 Å². The van der Waals surface area contributed by atoms with E-state index >= 15 is 0 Å². The molecule has 0 saturated carbocycles. The number of hydrogen-bond donors (Lipinski definition) is 1. The van der Waals surface area contributed by atoms with E-state index in [2.05, 4.69) is 11.2 Å². The van der Waals surface area contributed by atoms with Crippen LogP contribution < -0.4 is 5.32 Å². The molecule has 0 unspecified atom stereocenters. The van der Waals surface area contributed by atoms with Gasteiger partial charge in [0.1, 0.15) is 0 Å². The van der Waals surface area contributed by atoms with E-state index in [4.69, 9.17) is 11.2 Å². The van der Waals surface area contributed by atoms with Gasteiger partial charge in [-0.25, -0.2) is 0 Å². The first-order valence-electron chi connectivity index (χ1n) is 6.87. The largest absolute Gasteiger partial charge is 0.416 e. The van der Waals surface area contributed by atoms with Crippen molar-refractivity contribution in [3.8, 4) is 12.3 Å². The molecule has 1 fully saturated rings. The number of carbonyl (C=O) groups excluding carboxylic acids is 1. The zero-order valence-electron chi connectivity index (χ0n) is 11.9. The van der Waals surface area contributed by atoms with Crippen LogP contribution in [-0.4, -0.2) is 25.7 Å². The number of rotatable bonds is 3. The standard InChI is InChI=1S/C16H16F3NO2/c1-2-8-20-14(21)15(6-9-22-10-7-15)12-4-3-5-13(11-12)16(17,18)19/h1,3-5,11H,6-10H2,(H,20,21). The maximum Gasteiger partial charge on any atom is 0.416 e. The van der Waals surface area contributed by atoms with Crippen molar-refractivity contribution in [1.82, 2.24) is 5.32 Å². The smallest absolute Gasteiger partial charge is 0.381 e. The van der Waals surface area contributed by atoms with Crippen LogP contribution in [0.2, 0.25) is 0 Å². The molecule has 1 amide bonds. The normalized spacial score (nSPS) is 17.5. The number of alkyl halides is 3. The van der Waals surface area contributed by atoms with Crippen molar-refractivity contribution in [3.05, 3.63) is 35.4 Å². The number of ether oxygens (including phenoxy) is 1. The van der Waals surface area contributed by atoms with Gasteiger partial charge in [-0.05, 0) is 24.5 Å². The first kappa shape index (κ1) is 16.4. The summed E-state index contributed by atoms with van der Waals surface area (Å²) in [6.07, 6.45) is 1.33. The Hall–Kier alpha value is -2.00. The van der Waals surface area contributed by atoms with Crippen molar-refractivity contribution >= 4 is 5.91 Å². The highest BCUT2D eigenvalue weighted by Crippen LogP contribution is 2.38. The molecule has 0 aliphatic carbocycles. The molecule has 1 N–H and O–H groups in total. The Balaban J connectivity index is 2.42. The quantitative estimate of drug-likeness (QED) is 0.871. The van der Waals surface area contributed by atoms with Gasteiger partial charge in [-0.15, -0.1) is 6.42 Å². The third kappa shape index (κ3) is 3.25. The van der Waals surface area contributed by atoms with E-state index in [1.54, 1.807) is 6.07 Å². The average molecular weight is 311 g/mol. The second-order valence-electron chi connectivity index (χ2n) is 5.16. The van der Waals surface area contributed by atoms with Crippen LogP contribution in [0.5, 0.6) is 0 Å². The predicted octanol–water partition coefficient (Wildman–Crippen LogP) is 2.50. The fraction of sp³-hybridized carbons (Fsp3) is 0.438. The van der Waals surface area contributed by atoms with Crippen LogP contribution in [0.3, 0.4) is 0 Å². The summed E-state index contributed by atoms with van der Waals surface area (Å²) >= 11 is 0. The molecule has 1 heterocycles. The number of halogens is 3. The van der Waals surface area contributed by atoms with E-state index in [1.165, 1.54) is 6.07 Å². The van der Waals surface area contributed by atoms with E-state index in [9.17, 15) is 18.0 Å². The Labute approximate surface area is 126 Å². The Morgan fingerprint density at radius 1 is 1.36 bits per heavy atom. The van der Waals surface area contributed by atoms with Crippen molar-refractivity contribution in [1.29, 1.82) is 0 Å². The third-order valence-electron chi connectivity index (χ3n) is 3.87. The SMILES string of the molecule is C#CCNC(=O)C1(c2cccc(C(F)(F)F)c2)CCOCC1. The van der Waals surface area contributed by atoms with Gasteiger partial charge >= 0.3 is 6.18 Å². The minimum Gasteiger partial charge on any atom is -0.381 e. The molecule has 6 heteroatoms. The molecular formula is C16H16F3NO2. The first-order chi connectivity index (χ1) is 10.4. The molecule has 0 bridgehead atoms. The van der Waals surface area contributed by atoms with E-state index in [-0.39, 0.29) is 12.5 Å². The van der Waals surface area contributed by atoms with Crippen LogP contribution in [-0.2, 0) is 21.1 Å². The van der Waals surface area contributed by atoms with Crippen molar-refractivity contribution in [2.45, 2.75) is 24.4 Å². The van der Waals surface area contributed by atoms with Crippen LogP contribution in [0.15, 0.2) is 24.3 Å². The van der Waals surface area contributed by atoms with Crippen molar-refractivity contribution in [2.75, 3.05) is 19.8 Å². The Bertz CT molecular complexity index is 584. The van der Waals surface area contributed by atoms with Crippen LogP contribution >= 0.6 is 0 Å². The molecule has 1 aromatic rings. The van der Waals surface area contributed by atoms with E-state index in [0.29, 0.717) is 31.6 Å². The van der Waals surface area contributed by atoms with Gasteiger partial charge in [0.15, 0.2) is 0 Å². The molecule has 0 atom stereocenters. The average Bonchev–Trinajstić information content (AvgIpc) is 2.52. The molecule has 1 aromatic carbocycles. The second kappa shape index (κ2) is 6.41. The maximum atomic E-state index is 12.9. The number of benzene rings is 1. The molecule has 0 aromatic heterocycles. The van der Waals surface area contributed by atoms with Crippen molar-refractivity contribution in [3.63, 3.8) is 0 Å². The fourth-order valence-electron chi connectivity index (χ4n) is 2.66. The molecule has 2 rings (SSSR count). The molecular weight excluding hydrogens is 295 g/mol. The first-order valence-corrected chi connectivity index (χ1v) is 6.87. The maximum absolute atomic E-state index is 12.9. The molecule has 118 valence electrons. The lowest BCUT2D eigenvalue weighted by Gasteiger charge is -2.36. The Morgan fingerprint density at radius 2 is 2.05 bits per heavy atom. The number of hydrogen-bond acceptors (Lipinski definition) is 2. The van der Waals surface area contributed by atoms with Gasteiger partial charge in [-0.2, -0.15) is 13.2 Å². The molecule has 0 spiro atoms. The highest BCUT2D eigenvalue weighted by atomic mass is 19.4. The molecule has 0 radical (unpaired) electrons. The number of terminal acetylenes is 1. The molecule has 1 aliphatic heterocycles. The predicted molar refractivity (Wildman–Crippen MR) is 75.0 cm³/mol. The van der Waals surface area contributed by atoms with Crippen LogP contribution in [0.1, 0.15) is 24.0 Å². The molecule has 3 nitrogen and oxygen atoms in total. The molecule has 22 heavy (non-hydrogen) atoms. The summed E-state index contributed by atoms with van der Waals surface area (Å²) < 4.78 is 44.0. The number of amides is 1. The topological polar surface area (TPSA) is 38.3 Å². The second-order valence-corrected chi connectivity index (χ2v) is 5.16.